The fourth-order valence-electron chi connectivity index (χ4n) is 4.51. The van der Waals surface area contributed by atoms with Crippen LogP contribution in [0.5, 0.6) is 5.75 Å². The predicted molar refractivity (Wildman–Crippen MR) is 159 cm³/mol. The molecule has 2 aromatic heterocycles. The van der Waals surface area contributed by atoms with Crippen molar-refractivity contribution >= 4 is 60.9 Å². The number of nitrogens with zero attached hydrogens (tertiary/aromatic N) is 3. The number of thiazole rings is 1. The lowest BCUT2D eigenvalue weighted by Crippen LogP contribution is -2.39. The molecule has 4 aromatic rings. The lowest BCUT2D eigenvalue weighted by atomic mass is 10.0. The molecule has 1 aliphatic rings. The Morgan fingerprint density at radius 1 is 1.22 bits per heavy atom. The van der Waals surface area contributed by atoms with Gasteiger partial charge in [-0.3, -0.25) is 19.5 Å². The third-order valence-corrected chi connectivity index (χ3v) is 8.64. The van der Waals surface area contributed by atoms with Crippen LogP contribution in [-0.4, -0.2) is 27.2 Å². The number of carbonyl (C=O) groups excluding carboxylic acids is 1. The number of ether oxygens (including phenoxy) is 1. The number of nitro groups is 1. The number of hydrogen-bond acceptors (Lipinski definition) is 9. The molecule has 0 saturated carbocycles. The van der Waals surface area contributed by atoms with Crippen LogP contribution < -0.4 is 14.9 Å². The van der Waals surface area contributed by atoms with Gasteiger partial charge >= 0.3 is 5.97 Å². The van der Waals surface area contributed by atoms with Crippen LogP contribution in [0.3, 0.4) is 0 Å². The fourth-order valence-corrected chi connectivity index (χ4v) is 6.78. The number of benzene rings is 2. The summed E-state index contributed by atoms with van der Waals surface area (Å²) in [5.74, 6) is 0.0147. The summed E-state index contributed by atoms with van der Waals surface area (Å²) >= 11 is 7.75. The predicted octanol–water partition coefficient (Wildman–Crippen LogP) is 5.51. The summed E-state index contributed by atoms with van der Waals surface area (Å²) in [4.78, 5) is 42.8. The summed E-state index contributed by atoms with van der Waals surface area (Å²) in [5, 5.41) is 21.4. The highest BCUT2D eigenvalue weighted by Crippen LogP contribution is 2.36. The molecule has 1 atom stereocenters. The van der Waals surface area contributed by atoms with E-state index in [2.05, 4.69) is 36.9 Å². The van der Waals surface area contributed by atoms with Gasteiger partial charge in [0.15, 0.2) is 4.80 Å². The molecule has 10 nitrogen and oxygen atoms in total. The van der Waals surface area contributed by atoms with Gasteiger partial charge < -0.3 is 14.3 Å². The van der Waals surface area contributed by atoms with E-state index in [9.17, 15) is 24.8 Å². The van der Waals surface area contributed by atoms with E-state index in [0.29, 0.717) is 40.9 Å². The molecule has 2 aromatic carbocycles. The van der Waals surface area contributed by atoms with E-state index in [1.807, 2.05) is 0 Å². The minimum atomic E-state index is -0.988. The Hall–Kier alpha value is -3.81. The highest BCUT2D eigenvalue weighted by molar-refractivity contribution is 9.11. The largest absolute Gasteiger partial charge is 0.506 e. The Bertz CT molecular complexity index is 1930. The molecule has 1 N–H and O–H groups in total. The van der Waals surface area contributed by atoms with Crippen molar-refractivity contribution in [3.63, 3.8) is 0 Å². The van der Waals surface area contributed by atoms with Crippen LogP contribution in [0.2, 0.25) is 0 Å². The Morgan fingerprint density at radius 2 is 1.93 bits per heavy atom. The van der Waals surface area contributed by atoms with Gasteiger partial charge in [-0.15, -0.1) is 0 Å². The Kier molecular flexibility index (Phi) is 7.86. The third kappa shape index (κ3) is 5.32. The first-order valence-electron chi connectivity index (χ1n) is 12.2. The van der Waals surface area contributed by atoms with E-state index in [1.165, 1.54) is 16.7 Å². The molecular weight excluding hydrogens is 682 g/mol. The van der Waals surface area contributed by atoms with E-state index < -0.39 is 22.5 Å². The van der Waals surface area contributed by atoms with Gasteiger partial charge in [-0.1, -0.05) is 17.4 Å². The monoisotopic (exact) mass is 701 g/mol. The molecule has 0 spiro atoms. The molecule has 0 amide bonds. The lowest BCUT2D eigenvalue weighted by molar-refractivity contribution is -0.384. The topological polar surface area (TPSA) is 137 Å². The zero-order valence-electron chi connectivity index (χ0n) is 21.8. The van der Waals surface area contributed by atoms with E-state index in [1.54, 1.807) is 57.2 Å². The van der Waals surface area contributed by atoms with E-state index in [0.717, 1.165) is 16.9 Å². The third-order valence-electron chi connectivity index (χ3n) is 6.45. The standard InChI is InChI=1S/C28H21Br2N3O7S/c1-4-39-27(36)23-14(3)31-28-32(26(35)22(41-28)11-15-9-18(29)25(34)19(30)10-15)24(23)21-8-7-20(40-21)17-12-16(33(37)38)6-5-13(17)2/h5-12,24,34H,4H2,1-3H3/b22-11-/t24-/m1/s1. The number of non-ortho nitro benzene ring substituents is 1. The summed E-state index contributed by atoms with van der Waals surface area (Å²) < 4.78 is 14.2. The molecule has 0 radical (unpaired) electrons. The highest BCUT2D eigenvalue weighted by atomic mass is 79.9. The number of nitro benzene ring substituents is 1. The van der Waals surface area contributed by atoms with E-state index >= 15 is 0 Å². The molecule has 0 unspecified atom stereocenters. The lowest BCUT2D eigenvalue weighted by Gasteiger charge is -2.22. The number of esters is 1. The second-order valence-corrected chi connectivity index (χ2v) is 11.8. The number of halogens is 2. The average molecular weight is 703 g/mol. The number of aryl methyl sites for hydroxylation is 1. The van der Waals surface area contributed by atoms with Crippen molar-refractivity contribution in [3.8, 4) is 17.1 Å². The maximum Gasteiger partial charge on any atom is 0.338 e. The van der Waals surface area contributed by atoms with Gasteiger partial charge in [0.05, 0.1) is 36.3 Å². The van der Waals surface area contributed by atoms with Crippen LogP contribution in [0, 0.1) is 17.0 Å². The normalized spacial score (nSPS) is 15.0. The molecule has 13 heteroatoms. The summed E-state index contributed by atoms with van der Waals surface area (Å²) in [6, 6.07) is 10.1. The number of phenolic OH excluding ortho intramolecular Hbond substituents is 1. The zero-order chi connectivity index (χ0) is 29.6. The van der Waals surface area contributed by atoms with Crippen molar-refractivity contribution in [3.05, 3.63) is 109 Å². The number of phenols is 1. The van der Waals surface area contributed by atoms with Crippen LogP contribution in [0.25, 0.3) is 17.4 Å². The van der Waals surface area contributed by atoms with Crippen molar-refractivity contribution in [2.75, 3.05) is 6.61 Å². The quantitative estimate of drug-likeness (QED) is 0.159. The fraction of sp³-hybridized carbons (Fsp3) is 0.179. The number of aromatic nitrogens is 1. The summed E-state index contributed by atoms with van der Waals surface area (Å²) in [7, 11) is 0. The van der Waals surface area contributed by atoms with Gasteiger partial charge in [-0.2, -0.15) is 0 Å². The number of hydrogen-bond donors (Lipinski definition) is 1. The molecule has 0 saturated heterocycles. The smallest absolute Gasteiger partial charge is 0.338 e. The second kappa shape index (κ2) is 11.2. The average Bonchev–Trinajstić information content (AvgIpc) is 3.51. The van der Waals surface area contributed by atoms with Gasteiger partial charge in [-0.05, 0) is 94.1 Å². The molecule has 5 rings (SSSR count). The van der Waals surface area contributed by atoms with Gasteiger partial charge in [0, 0.05) is 17.7 Å². The second-order valence-electron chi connectivity index (χ2n) is 9.09. The van der Waals surface area contributed by atoms with Crippen molar-refractivity contribution in [2.24, 2.45) is 4.99 Å². The molecule has 0 aliphatic carbocycles. The molecular formula is C28H21Br2N3O7S. The number of rotatable bonds is 6. The van der Waals surface area contributed by atoms with Crippen LogP contribution in [0.1, 0.15) is 36.8 Å². The van der Waals surface area contributed by atoms with Crippen LogP contribution in [-0.2, 0) is 9.53 Å². The van der Waals surface area contributed by atoms with Crippen molar-refractivity contribution in [1.82, 2.24) is 4.57 Å². The Labute approximate surface area is 253 Å². The maximum atomic E-state index is 13.8. The molecule has 210 valence electrons. The number of aromatic hydroxyl groups is 1. The molecule has 1 aliphatic heterocycles. The molecule has 3 heterocycles. The Balaban J connectivity index is 1.70. The summed E-state index contributed by atoms with van der Waals surface area (Å²) in [6.45, 7) is 5.27. The van der Waals surface area contributed by atoms with Crippen LogP contribution in [0.4, 0.5) is 5.69 Å². The number of allylic oxidation sites excluding steroid dienone is 1. The molecule has 0 bridgehead atoms. The van der Waals surface area contributed by atoms with Crippen LogP contribution >= 0.6 is 43.2 Å². The van der Waals surface area contributed by atoms with Crippen molar-refractivity contribution in [1.29, 1.82) is 0 Å². The first-order chi connectivity index (χ1) is 19.5. The van der Waals surface area contributed by atoms with Crippen molar-refractivity contribution < 1.29 is 24.0 Å². The SMILES string of the molecule is CCOC(=O)C1=C(C)N=c2s/c(=C\c3cc(Br)c(O)c(Br)c3)c(=O)n2[C@@H]1c1ccc(-c2cc([N+](=O)[O-])ccc2C)o1. The van der Waals surface area contributed by atoms with Crippen LogP contribution in [0.15, 0.2) is 76.9 Å². The first-order valence-corrected chi connectivity index (χ1v) is 14.6. The number of furan rings is 1. The highest BCUT2D eigenvalue weighted by Gasteiger charge is 2.35. The minimum absolute atomic E-state index is 0.0333. The minimum Gasteiger partial charge on any atom is -0.506 e. The van der Waals surface area contributed by atoms with Gasteiger partial charge in [0.2, 0.25) is 0 Å². The maximum absolute atomic E-state index is 13.8. The number of carbonyl (C=O) groups is 1. The molecule has 0 fully saturated rings. The van der Waals surface area contributed by atoms with Crippen molar-refractivity contribution in [2.45, 2.75) is 26.8 Å². The Morgan fingerprint density at radius 3 is 2.59 bits per heavy atom. The summed E-state index contributed by atoms with van der Waals surface area (Å²) in [6.07, 6.45) is 1.67. The molecule has 41 heavy (non-hydrogen) atoms. The zero-order valence-corrected chi connectivity index (χ0v) is 25.8. The summed E-state index contributed by atoms with van der Waals surface area (Å²) in [5.41, 5.74) is 1.94. The van der Waals surface area contributed by atoms with E-state index in [4.69, 9.17) is 9.15 Å². The van der Waals surface area contributed by atoms with Gasteiger partial charge in [0.25, 0.3) is 11.2 Å². The van der Waals surface area contributed by atoms with Gasteiger partial charge in [-0.25, -0.2) is 9.79 Å². The number of fused-ring (bicyclic) bond motifs is 1. The first kappa shape index (κ1) is 28.7. The van der Waals surface area contributed by atoms with E-state index in [-0.39, 0.29) is 29.4 Å². The van der Waals surface area contributed by atoms with Gasteiger partial charge in [0.1, 0.15) is 23.3 Å².